The normalized spacial score (nSPS) is 14.7. The van der Waals surface area contributed by atoms with E-state index in [-0.39, 0.29) is 5.82 Å². The van der Waals surface area contributed by atoms with Gasteiger partial charge in [-0.25, -0.2) is 4.39 Å². The van der Waals surface area contributed by atoms with E-state index in [1.54, 1.807) is 6.07 Å². The Hall–Kier alpha value is -2.52. The average Bonchev–Trinajstić information content (AvgIpc) is 3.51. The zero-order valence-corrected chi connectivity index (χ0v) is 17.1. The maximum absolute atomic E-state index is 14.0. The third kappa shape index (κ3) is 3.47. The minimum atomic E-state index is -0.249. The Kier molecular flexibility index (Phi) is 5.03. The van der Waals surface area contributed by atoms with Crippen LogP contribution in [0.1, 0.15) is 41.0 Å². The molecule has 0 aromatic heterocycles. The summed E-state index contributed by atoms with van der Waals surface area (Å²) in [6, 6.07) is 17.5. The standard InChI is InChI=1S/C25H24FNS/c1-15-7-8-19(13-22(15)18-9-10-18)25(27-3)24(16(2)28)21-6-4-5-17-11-12-20(26)14-23(17)21/h4-8,11-14,18,27-28H,2,9-10H2,1,3H3/b25-24+. The van der Waals surface area contributed by atoms with Crippen LogP contribution < -0.4 is 5.32 Å². The molecule has 1 fully saturated rings. The largest absolute Gasteiger partial charge is 0.387 e. The van der Waals surface area contributed by atoms with Gasteiger partial charge in [-0.05, 0) is 76.9 Å². The van der Waals surface area contributed by atoms with Gasteiger partial charge in [0.25, 0.3) is 0 Å². The number of hydrogen-bond donors (Lipinski definition) is 2. The molecule has 142 valence electrons. The molecule has 1 nitrogen and oxygen atoms in total. The number of aryl methyl sites for hydroxylation is 1. The average molecular weight is 390 g/mol. The lowest BCUT2D eigenvalue weighted by Gasteiger charge is -2.19. The molecule has 0 radical (unpaired) electrons. The van der Waals surface area contributed by atoms with Crippen LogP contribution in [0.4, 0.5) is 4.39 Å². The molecule has 0 saturated heterocycles. The van der Waals surface area contributed by atoms with E-state index in [0.717, 1.165) is 33.2 Å². The number of thiol groups is 1. The van der Waals surface area contributed by atoms with Gasteiger partial charge in [-0.3, -0.25) is 0 Å². The smallest absolute Gasteiger partial charge is 0.123 e. The number of rotatable bonds is 5. The summed E-state index contributed by atoms with van der Waals surface area (Å²) in [5, 5.41) is 5.21. The Morgan fingerprint density at radius 1 is 1.11 bits per heavy atom. The van der Waals surface area contributed by atoms with Gasteiger partial charge in [-0.2, -0.15) is 0 Å². The Morgan fingerprint density at radius 2 is 1.89 bits per heavy atom. The first kappa shape index (κ1) is 18.8. The van der Waals surface area contributed by atoms with Gasteiger partial charge in [0, 0.05) is 17.5 Å². The Balaban J connectivity index is 1.98. The molecule has 0 amide bonds. The van der Waals surface area contributed by atoms with Crippen molar-refractivity contribution in [1.29, 1.82) is 0 Å². The van der Waals surface area contributed by atoms with Gasteiger partial charge in [0.1, 0.15) is 5.82 Å². The molecular formula is C25H24FNS. The predicted molar refractivity (Wildman–Crippen MR) is 121 cm³/mol. The maximum Gasteiger partial charge on any atom is 0.123 e. The van der Waals surface area contributed by atoms with Crippen LogP contribution in [0.15, 0.2) is 66.1 Å². The van der Waals surface area contributed by atoms with E-state index >= 15 is 0 Å². The van der Waals surface area contributed by atoms with Crippen molar-refractivity contribution in [1.82, 2.24) is 5.32 Å². The Labute approximate surface area is 171 Å². The van der Waals surface area contributed by atoms with Crippen molar-refractivity contribution in [2.24, 2.45) is 0 Å². The quantitative estimate of drug-likeness (QED) is 0.281. The molecule has 0 heterocycles. The monoisotopic (exact) mass is 389 g/mol. The summed E-state index contributed by atoms with van der Waals surface area (Å²) in [5.74, 6) is 0.425. The van der Waals surface area contributed by atoms with E-state index < -0.39 is 0 Å². The highest BCUT2D eigenvalue weighted by Crippen LogP contribution is 2.43. The first-order chi connectivity index (χ1) is 13.5. The van der Waals surface area contributed by atoms with Gasteiger partial charge in [0.15, 0.2) is 0 Å². The van der Waals surface area contributed by atoms with Crippen LogP contribution in [0.3, 0.4) is 0 Å². The lowest BCUT2D eigenvalue weighted by molar-refractivity contribution is 0.629. The van der Waals surface area contributed by atoms with Crippen molar-refractivity contribution < 1.29 is 4.39 Å². The number of halogens is 1. The summed E-state index contributed by atoms with van der Waals surface area (Å²) >= 11 is 4.61. The topological polar surface area (TPSA) is 12.0 Å². The molecule has 1 saturated carbocycles. The number of allylic oxidation sites excluding steroid dienone is 1. The second-order valence-corrected chi connectivity index (χ2v) is 8.00. The lowest BCUT2D eigenvalue weighted by atomic mass is 9.92. The molecule has 0 atom stereocenters. The minimum Gasteiger partial charge on any atom is -0.387 e. The molecule has 28 heavy (non-hydrogen) atoms. The predicted octanol–water partition coefficient (Wildman–Crippen LogP) is 6.70. The van der Waals surface area contributed by atoms with Crippen LogP contribution in [0.5, 0.6) is 0 Å². The minimum absolute atomic E-state index is 0.249. The molecule has 3 aromatic rings. The summed E-state index contributed by atoms with van der Waals surface area (Å²) < 4.78 is 14.0. The molecule has 0 bridgehead atoms. The molecule has 3 aromatic carbocycles. The van der Waals surface area contributed by atoms with E-state index in [2.05, 4.69) is 49.6 Å². The molecule has 1 aliphatic carbocycles. The zero-order valence-electron chi connectivity index (χ0n) is 16.2. The van der Waals surface area contributed by atoms with Crippen molar-refractivity contribution in [3.8, 4) is 0 Å². The SMILES string of the molecule is C=C(S)/C(=C(\NC)c1ccc(C)c(C2CC2)c1)c1cccc2ccc(F)cc12. The fraction of sp³-hybridized carbons (Fsp3) is 0.200. The fourth-order valence-electron chi connectivity index (χ4n) is 3.94. The molecule has 1 N–H and O–H groups in total. The highest BCUT2D eigenvalue weighted by molar-refractivity contribution is 7.85. The van der Waals surface area contributed by atoms with Gasteiger partial charge in [-0.1, -0.05) is 43.0 Å². The van der Waals surface area contributed by atoms with Crippen LogP contribution in [-0.4, -0.2) is 7.05 Å². The lowest BCUT2D eigenvalue weighted by Crippen LogP contribution is -2.09. The van der Waals surface area contributed by atoms with Crippen LogP contribution in [0.25, 0.3) is 22.0 Å². The van der Waals surface area contributed by atoms with E-state index in [4.69, 9.17) is 0 Å². The summed E-state index contributed by atoms with van der Waals surface area (Å²) in [4.78, 5) is 0.648. The van der Waals surface area contributed by atoms with E-state index in [1.165, 1.54) is 30.0 Å². The molecule has 1 aliphatic rings. The van der Waals surface area contributed by atoms with Crippen LogP contribution in [0, 0.1) is 12.7 Å². The summed E-state index contributed by atoms with van der Waals surface area (Å²) in [6.07, 6.45) is 2.52. The maximum atomic E-state index is 14.0. The Bertz CT molecular complexity index is 1110. The summed E-state index contributed by atoms with van der Waals surface area (Å²) in [6.45, 7) is 6.29. The van der Waals surface area contributed by atoms with E-state index in [9.17, 15) is 4.39 Å². The number of hydrogen-bond acceptors (Lipinski definition) is 2. The summed E-state index contributed by atoms with van der Waals surface area (Å²) in [5.41, 5.74) is 6.63. The van der Waals surface area contributed by atoms with Crippen molar-refractivity contribution in [3.63, 3.8) is 0 Å². The van der Waals surface area contributed by atoms with Gasteiger partial charge in [0.05, 0.1) is 5.70 Å². The van der Waals surface area contributed by atoms with Crippen LogP contribution in [-0.2, 0) is 0 Å². The second kappa shape index (κ2) is 7.48. The van der Waals surface area contributed by atoms with Crippen molar-refractivity contribution >= 4 is 34.7 Å². The van der Waals surface area contributed by atoms with Gasteiger partial charge in [-0.15, -0.1) is 12.6 Å². The molecular weight excluding hydrogens is 365 g/mol. The van der Waals surface area contributed by atoms with Crippen LogP contribution >= 0.6 is 12.6 Å². The summed E-state index contributed by atoms with van der Waals surface area (Å²) in [7, 11) is 1.91. The van der Waals surface area contributed by atoms with Crippen LogP contribution in [0.2, 0.25) is 0 Å². The van der Waals surface area contributed by atoms with Crippen molar-refractivity contribution in [2.75, 3.05) is 7.05 Å². The molecule has 4 rings (SSSR count). The third-order valence-electron chi connectivity index (χ3n) is 5.49. The van der Waals surface area contributed by atoms with Crippen molar-refractivity contribution in [3.05, 3.63) is 94.2 Å². The highest BCUT2D eigenvalue weighted by atomic mass is 32.1. The first-order valence-electron chi connectivity index (χ1n) is 9.59. The first-order valence-corrected chi connectivity index (χ1v) is 10.0. The molecule has 0 unspecified atom stereocenters. The molecule has 0 aliphatic heterocycles. The molecule has 0 spiro atoms. The number of benzene rings is 3. The second-order valence-electron chi connectivity index (χ2n) is 7.46. The number of nitrogens with one attached hydrogen (secondary N) is 1. The molecule has 3 heteroatoms. The number of fused-ring (bicyclic) bond motifs is 1. The third-order valence-corrected chi connectivity index (χ3v) is 5.71. The zero-order chi connectivity index (χ0) is 19.8. The van der Waals surface area contributed by atoms with Gasteiger partial charge in [0.2, 0.25) is 0 Å². The fourth-order valence-corrected chi connectivity index (χ4v) is 4.17. The van der Waals surface area contributed by atoms with E-state index in [1.807, 2.05) is 31.3 Å². The van der Waals surface area contributed by atoms with E-state index in [0.29, 0.717) is 10.8 Å². The highest BCUT2D eigenvalue weighted by Gasteiger charge is 2.26. The van der Waals surface area contributed by atoms with Crippen molar-refractivity contribution in [2.45, 2.75) is 25.7 Å². The van der Waals surface area contributed by atoms with Gasteiger partial charge < -0.3 is 5.32 Å². The van der Waals surface area contributed by atoms with Gasteiger partial charge >= 0.3 is 0 Å². The Morgan fingerprint density at radius 3 is 2.57 bits per heavy atom.